The molecule has 5 aliphatic rings. The molecule has 128 valence electrons. The van der Waals surface area contributed by atoms with Gasteiger partial charge in [0.25, 0.3) is 0 Å². The summed E-state index contributed by atoms with van der Waals surface area (Å²) in [6, 6.07) is 0. The monoisotopic (exact) mass is 319 g/mol. The Balaban J connectivity index is 1.50. The normalized spacial score (nSPS) is 42.4. The standard InChI is InChI=1S/C18H30BNO3/c1-11(21)20-16(8-12-6-5-7-12)19-22-15-10-13-9-14(17(13,2)3)18(15,4)23-19/h12-16H,5-10H2,1-4H3,(H,20,21). The van der Waals surface area contributed by atoms with Crippen LogP contribution in [-0.2, 0) is 14.1 Å². The highest BCUT2D eigenvalue weighted by atomic mass is 16.7. The lowest BCUT2D eigenvalue weighted by atomic mass is 9.43. The van der Waals surface area contributed by atoms with Crippen LogP contribution in [0.4, 0.5) is 0 Å². The minimum absolute atomic E-state index is 0.000497. The molecule has 4 aliphatic carbocycles. The average Bonchev–Trinajstić information content (AvgIpc) is 2.77. The second kappa shape index (κ2) is 5.22. The quantitative estimate of drug-likeness (QED) is 0.811. The SMILES string of the molecule is CC(=O)NC(CC1CCC1)B1OC2CC3CC(C3(C)C)C2(C)O1. The van der Waals surface area contributed by atoms with Gasteiger partial charge in [0.2, 0.25) is 5.91 Å². The van der Waals surface area contributed by atoms with Gasteiger partial charge in [-0.25, -0.2) is 0 Å². The highest BCUT2D eigenvalue weighted by molar-refractivity contribution is 6.47. The van der Waals surface area contributed by atoms with Gasteiger partial charge in [-0.2, -0.15) is 0 Å². The molecular weight excluding hydrogens is 289 g/mol. The largest absolute Gasteiger partial charge is 0.481 e. The molecule has 0 aromatic heterocycles. The molecule has 4 saturated carbocycles. The molecule has 1 saturated heterocycles. The molecule has 0 aromatic rings. The van der Waals surface area contributed by atoms with E-state index in [1.54, 1.807) is 6.92 Å². The molecule has 1 N–H and O–H groups in total. The summed E-state index contributed by atoms with van der Waals surface area (Å²) in [5.74, 6) is 2.08. The van der Waals surface area contributed by atoms with Crippen molar-refractivity contribution in [2.45, 2.75) is 83.9 Å². The summed E-state index contributed by atoms with van der Waals surface area (Å²) in [6.45, 7) is 8.60. The van der Waals surface area contributed by atoms with Crippen LogP contribution in [0.1, 0.15) is 66.2 Å². The van der Waals surface area contributed by atoms with Crippen LogP contribution in [0.15, 0.2) is 0 Å². The summed E-state index contributed by atoms with van der Waals surface area (Å²) in [7, 11) is -0.273. The predicted octanol–water partition coefficient (Wildman–Crippen LogP) is 2.95. The van der Waals surface area contributed by atoms with E-state index >= 15 is 0 Å². The van der Waals surface area contributed by atoms with E-state index in [4.69, 9.17) is 9.31 Å². The number of hydrogen-bond acceptors (Lipinski definition) is 3. The third-order valence-corrected chi connectivity index (χ3v) is 7.50. The molecular formula is C18H30BNO3. The first-order valence-electron chi connectivity index (χ1n) is 9.41. The van der Waals surface area contributed by atoms with E-state index in [1.165, 1.54) is 25.7 Å². The van der Waals surface area contributed by atoms with Gasteiger partial charge < -0.3 is 14.6 Å². The lowest BCUT2D eigenvalue weighted by Crippen LogP contribution is -2.65. The van der Waals surface area contributed by atoms with Crippen molar-refractivity contribution in [1.29, 1.82) is 0 Å². The molecule has 5 fully saturated rings. The van der Waals surface area contributed by atoms with Crippen LogP contribution in [0, 0.1) is 23.2 Å². The maximum absolute atomic E-state index is 11.6. The highest BCUT2D eigenvalue weighted by Gasteiger charge is 2.68. The molecule has 1 amide bonds. The van der Waals surface area contributed by atoms with Gasteiger partial charge in [-0.05, 0) is 49.4 Å². The van der Waals surface area contributed by atoms with Crippen molar-refractivity contribution in [1.82, 2.24) is 5.32 Å². The van der Waals surface area contributed by atoms with Crippen molar-refractivity contribution in [2.24, 2.45) is 23.2 Å². The van der Waals surface area contributed by atoms with E-state index in [1.807, 2.05) is 0 Å². The van der Waals surface area contributed by atoms with Crippen LogP contribution in [0.25, 0.3) is 0 Å². The smallest absolute Gasteiger partial charge is 0.404 e. The fourth-order valence-corrected chi connectivity index (χ4v) is 5.66. The van der Waals surface area contributed by atoms with Crippen LogP contribution >= 0.6 is 0 Å². The van der Waals surface area contributed by atoms with E-state index in [-0.39, 0.29) is 30.7 Å². The van der Waals surface area contributed by atoms with Crippen LogP contribution < -0.4 is 5.32 Å². The second-order valence-corrected chi connectivity index (χ2v) is 9.18. The molecule has 2 bridgehead atoms. The van der Waals surface area contributed by atoms with Gasteiger partial charge in [0.05, 0.1) is 17.6 Å². The molecule has 0 radical (unpaired) electrons. The number of rotatable bonds is 4. The number of carbonyl (C=O) groups is 1. The summed E-state index contributed by atoms with van der Waals surface area (Å²) in [5, 5.41) is 3.11. The zero-order valence-electron chi connectivity index (χ0n) is 14.9. The van der Waals surface area contributed by atoms with Crippen molar-refractivity contribution in [3.63, 3.8) is 0 Å². The number of carbonyl (C=O) groups excluding carboxylic acids is 1. The lowest BCUT2D eigenvalue weighted by molar-refractivity contribution is -0.199. The van der Waals surface area contributed by atoms with Crippen molar-refractivity contribution >= 4 is 13.0 Å². The van der Waals surface area contributed by atoms with E-state index in [9.17, 15) is 4.79 Å². The first-order chi connectivity index (χ1) is 10.8. The van der Waals surface area contributed by atoms with Crippen molar-refractivity contribution < 1.29 is 14.1 Å². The Bertz CT molecular complexity index is 506. The Hall–Kier alpha value is -0.545. The van der Waals surface area contributed by atoms with Gasteiger partial charge in [0.15, 0.2) is 0 Å². The Morgan fingerprint density at radius 1 is 1.30 bits per heavy atom. The minimum atomic E-state index is -0.273. The molecule has 5 unspecified atom stereocenters. The van der Waals surface area contributed by atoms with Crippen molar-refractivity contribution in [2.75, 3.05) is 0 Å². The van der Waals surface area contributed by atoms with Crippen LogP contribution in [0.5, 0.6) is 0 Å². The van der Waals surface area contributed by atoms with E-state index in [0.29, 0.717) is 11.3 Å². The Morgan fingerprint density at radius 3 is 2.61 bits per heavy atom. The molecule has 1 heterocycles. The van der Waals surface area contributed by atoms with Gasteiger partial charge in [-0.15, -0.1) is 0 Å². The third-order valence-electron chi connectivity index (χ3n) is 7.50. The first kappa shape index (κ1) is 16.0. The van der Waals surface area contributed by atoms with Crippen LogP contribution in [0.3, 0.4) is 0 Å². The molecule has 1 aliphatic heterocycles. The van der Waals surface area contributed by atoms with Gasteiger partial charge in [-0.3, -0.25) is 4.79 Å². The van der Waals surface area contributed by atoms with Gasteiger partial charge in [-0.1, -0.05) is 33.1 Å². The molecule has 5 atom stereocenters. The number of nitrogens with one attached hydrogen (secondary N) is 1. The zero-order chi connectivity index (χ0) is 16.4. The first-order valence-corrected chi connectivity index (χ1v) is 9.41. The molecule has 5 heteroatoms. The molecule has 5 rings (SSSR count). The van der Waals surface area contributed by atoms with Crippen molar-refractivity contribution in [3.05, 3.63) is 0 Å². The second-order valence-electron chi connectivity index (χ2n) is 9.18. The Morgan fingerprint density at radius 2 is 2.04 bits per heavy atom. The average molecular weight is 319 g/mol. The number of amides is 1. The molecule has 0 aromatic carbocycles. The van der Waals surface area contributed by atoms with E-state index in [2.05, 4.69) is 26.1 Å². The van der Waals surface area contributed by atoms with Crippen LogP contribution in [0.2, 0.25) is 0 Å². The van der Waals surface area contributed by atoms with Gasteiger partial charge >= 0.3 is 7.12 Å². The molecule has 23 heavy (non-hydrogen) atoms. The zero-order valence-corrected chi connectivity index (χ0v) is 14.9. The molecule has 0 spiro atoms. The maximum Gasteiger partial charge on any atom is 0.481 e. The summed E-state index contributed by atoms with van der Waals surface area (Å²) in [6.07, 6.45) is 7.44. The fraction of sp³-hybridized carbons (Fsp3) is 0.944. The summed E-state index contributed by atoms with van der Waals surface area (Å²) in [4.78, 5) is 11.6. The summed E-state index contributed by atoms with van der Waals surface area (Å²) in [5.41, 5.74) is 0.181. The molecule has 4 nitrogen and oxygen atoms in total. The summed E-state index contributed by atoms with van der Waals surface area (Å²) < 4.78 is 12.9. The van der Waals surface area contributed by atoms with Crippen molar-refractivity contribution in [3.8, 4) is 0 Å². The fourth-order valence-electron chi connectivity index (χ4n) is 5.66. The topological polar surface area (TPSA) is 47.6 Å². The minimum Gasteiger partial charge on any atom is -0.404 e. The summed E-state index contributed by atoms with van der Waals surface area (Å²) >= 11 is 0. The van der Waals surface area contributed by atoms with E-state index < -0.39 is 0 Å². The van der Waals surface area contributed by atoms with E-state index in [0.717, 1.165) is 24.7 Å². The maximum atomic E-state index is 11.6. The predicted molar refractivity (Wildman–Crippen MR) is 89.7 cm³/mol. The Labute approximate surface area is 140 Å². The lowest BCUT2D eigenvalue weighted by Gasteiger charge is -2.64. The van der Waals surface area contributed by atoms with Crippen LogP contribution in [-0.4, -0.2) is 30.7 Å². The van der Waals surface area contributed by atoms with Gasteiger partial charge in [0, 0.05) is 6.92 Å². The number of hydrogen-bond donors (Lipinski definition) is 1. The van der Waals surface area contributed by atoms with Gasteiger partial charge in [0.1, 0.15) is 0 Å². The third kappa shape index (κ3) is 2.38. The Kier molecular flexibility index (Phi) is 3.62. The highest BCUT2D eigenvalue weighted by Crippen LogP contribution is 2.65.